The van der Waals surface area contributed by atoms with Gasteiger partial charge in [0, 0.05) is 52.8 Å². The summed E-state index contributed by atoms with van der Waals surface area (Å²) in [6.45, 7) is 0. The molecule has 236 valence electrons. The number of hydrogen-bond donors (Lipinski definition) is 0. The van der Waals surface area contributed by atoms with E-state index in [1.807, 2.05) is 0 Å². The van der Waals surface area contributed by atoms with E-state index in [1.54, 1.807) is 17.7 Å². The van der Waals surface area contributed by atoms with Gasteiger partial charge in [-0.2, -0.15) is 0 Å². The summed E-state index contributed by atoms with van der Waals surface area (Å²) >= 11 is 1.80. The molecule has 0 bridgehead atoms. The Kier molecular flexibility index (Phi) is 5.32. The molecule has 0 spiro atoms. The molecule has 0 aliphatic heterocycles. The Morgan fingerprint density at radius 2 is 1.29 bits per heavy atom. The van der Waals surface area contributed by atoms with Gasteiger partial charge >= 0.3 is 0 Å². The average molecular weight is 669 g/mol. The van der Waals surface area contributed by atoms with Gasteiger partial charge in [0.1, 0.15) is 5.52 Å². The van der Waals surface area contributed by atoms with Crippen LogP contribution in [0.25, 0.3) is 114 Å². The third-order valence-corrected chi connectivity index (χ3v) is 11.7. The van der Waals surface area contributed by atoms with Crippen LogP contribution < -0.4 is 0 Å². The molecule has 5 nitrogen and oxygen atoms in total. The molecule has 7 aromatic carbocycles. The molecule has 51 heavy (non-hydrogen) atoms. The lowest BCUT2D eigenvalue weighted by atomic mass is 9.98. The first-order chi connectivity index (χ1) is 25.3. The summed E-state index contributed by atoms with van der Waals surface area (Å²) in [6.07, 6.45) is 1.55. The second-order valence-electron chi connectivity index (χ2n) is 13.2. The molecule has 0 saturated carbocycles. The van der Waals surface area contributed by atoms with Crippen LogP contribution in [0, 0.1) is 0 Å². The Morgan fingerprint density at radius 1 is 0.529 bits per heavy atom. The van der Waals surface area contributed by atoms with Crippen molar-refractivity contribution in [2.75, 3.05) is 0 Å². The monoisotopic (exact) mass is 668 g/mol. The quantitative estimate of drug-likeness (QED) is 0.188. The van der Waals surface area contributed by atoms with Crippen molar-refractivity contribution in [3.8, 4) is 33.8 Å². The third-order valence-electron chi connectivity index (χ3n) is 10.5. The summed E-state index contributed by atoms with van der Waals surface area (Å²) in [5.74, 6) is 0.738. The molecule has 5 heterocycles. The van der Waals surface area contributed by atoms with Gasteiger partial charge in [-0.15, -0.1) is 11.3 Å². The summed E-state index contributed by atoms with van der Waals surface area (Å²) in [6, 6.07) is 49.7. The van der Waals surface area contributed by atoms with Crippen molar-refractivity contribution in [1.82, 2.24) is 19.4 Å². The van der Waals surface area contributed by atoms with Gasteiger partial charge in [-0.3, -0.25) is 0 Å². The van der Waals surface area contributed by atoms with Gasteiger partial charge in [0.25, 0.3) is 0 Å². The Hall–Kier alpha value is -6.63. The molecule has 0 fully saturated rings. The highest BCUT2D eigenvalue weighted by molar-refractivity contribution is 7.26. The highest BCUT2D eigenvalue weighted by atomic mass is 32.1. The predicted octanol–water partition coefficient (Wildman–Crippen LogP) is 12.3. The minimum atomic E-state index is 0.738. The van der Waals surface area contributed by atoms with E-state index in [9.17, 15) is 0 Å². The maximum Gasteiger partial charge on any atom is 0.182 e. The minimum absolute atomic E-state index is 0.738. The molecule has 0 unspecified atom stereocenters. The van der Waals surface area contributed by atoms with Crippen molar-refractivity contribution in [3.63, 3.8) is 0 Å². The molecule has 5 aromatic heterocycles. The maximum atomic E-state index is 6.05. The van der Waals surface area contributed by atoms with E-state index in [4.69, 9.17) is 14.4 Å². The zero-order valence-electron chi connectivity index (χ0n) is 27.0. The number of nitrogens with zero attached hydrogens (tertiary/aromatic N) is 4. The largest absolute Gasteiger partial charge is 0.443 e. The Morgan fingerprint density at radius 3 is 2.25 bits per heavy atom. The number of oxazole rings is 1. The number of benzene rings is 7. The second-order valence-corrected chi connectivity index (χ2v) is 14.3. The number of hydrogen-bond acceptors (Lipinski definition) is 5. The van der Waals surface area contributed by atoms with Crippen LogP contribution in [0.4, 0.5) is 0 Å². The van der Waals surface area contributed by atoms with Crippen LogP contribution in [0.15, 0.2) is 150 Å². The minimum Gasteiger partial charge on any atom is -0.443 e. The zero-order chi connectivity index (χ0) is 33.2. The van der Waals surface area contributed by atoms with E-state index in [0.717, 1.165) is 72.1 Å². The van der Waals surface area contributed by atoms with E-state index in [-0.39, 0.29) is 0 Å². The molecule has 0 aliphatic carbocycles. The van der Waals surface area contributed by atoms with Crippen LogP contribution in [-0.2, 0) is 0 Å². The average Bonchev–Trinajstić information content (AvgIpc) is 3.96. The molecular formula is C45H24N4OS. The molecule has 12 rings (SSSR count). The van der Waals surface area contributed by atoms with E-state index in [2.05, 4.69) is 149 Å². The molecule has 0 aliphatic rings. The lowest BCUT2D eigenvalue weighted by molar-refractivity contribution is 0.605. The summed E-state index contributed by atoms with van der Waals surface area (Å²) in [5, 5.41) is 8.21. The first-order valence-corrected chi connectivity index (χ1v) is 17.8. The highest BCUT2D eigenvalue weighted by Gasteiger charge is 2.22. The van der Waals surface area contributed by atoms with Gasteiger partial charge < -0.3 is 8.82 Å². The van der Waals surface area contributed by atoms with Crippen LogP contribution in [0.5, 0.6) is 0 Å². The lowest BCUT2D eigenvalue weighted by Gasteiger charge is -2.11. The molecule has 6 heteroatoms. The molecule has 12 aromatic rings. The second kappa shape index (κ2) is 9.97. The van der Waals surface area contributed by atoms with Gasteiger partial charge in [0.2, 0.25) is 0 Å². The Bertz CT molecular complexity index is 3390. The molecule has 0 saturated heterocycles. The predicted molar refractivity (Wildman–Crippen MR) is 211 cm³/mol. The van der Waals surface area contributed by atoms with Gasteiger partial charge in [0.05, 0.1) is 33.1 Å². The third kappa shape index (κ3) is 3.71. The van der Waals surface area contributed by atoms with E-state index >= 15 is 0 Å². The van der Waals surface area contributed by atoms with Crippen LogP contribution in [-0.4, -0.2) is 19.4 Å². The van der Waals surface area contributed by atoms with E-state index < -0.39 is 0 Å². The van der Waals surface area contributed by atoms with Crippen LogP contribution in [0.2, 0.25) is 0 Å². The fraction of sp³-hybridized carbons (Fsp3) is 0. The number of rotatable bonds is 3. The van der Waals surface area contributed by atoms with Crippen LogP contribution in [0.1, 0.15) is 0 Å². The smallest absolute Gasteiger partial charge is 0.182 e. The molecular weight excluding hydrogens is 645 g/mol. The lowest BCUT2D eigenvalue weighted by Crippen LogP contribution is -1.95. The normalized spacial score (nSPS) is 12.3. The Balaban J connectivity index is 1.07. The fourth-order valence-electron chi connectivity index (χ4n) is 8.24. The van der Waals surface area contributed by atoms with E-state index in [1.165, 1.54) is 42.0 Å². The fourth-order valence-corrected chi connectivity index (χ4v) is 9.46. The highest BCUT2D eigenvalue weighted by Crippen LogP contribution is 2.44. The summed E-state index contributed by atoms with van der Waals surface area (Å²) in [4.78, 5) is 15.0. The van der Waals surface area contributed by atoms with Crippen molar-refractivity contribution < 1.29 is 4.42 Å². The standard InChI is InChI=1S/C45H24N4OS/c1-4-16-35-31(13-1)41(48-45(47-35)32-15-8-14-30-29-12-3-6-18-39(29)51-44(30)32)27-10-7-9-25(21-27)26-19-20-38-34(22-26)40-42-33(23-36-43(40)50-24-46-36)28-11-2-5-17-37(28)49(38)42/h1-24H. The zero-order valence-corrected chi connectivity index (χ0v) is 27.8. The summed E-state index contributed by atoms with van der Waals surface area (Å²) < 4.78 is 10.9. The molecule has 0 atom stereocenters. The van der Waals surface area contributed by atoms with Gasteiger partial charge in [-0.25, -0.2) is 15.0 Å². The van der Waals surface area contributed by atoms with Gasteiger partial charge in [0.15, 0.2) is 17.8 Å². The number of para-hydroxylation sites is 2. The number of thiophene rings is 1. The van der Waals surface area contributed by atoms with Crippen LogP contribution in [0.3, 0.4) is 0 Å². The first-order valence-electron chi connectivity index (χ1n) is 17.0. The number of fused-ring (bicyclic) bond motifs is 12. The van der Waals surface area contributed by atoms with Gasteiger partial charge in [-0.05, 0) is 59.7 Å². The summed E-state index contributed by atoms with van der Waals surface area (Å²) in [5.41, 5.74) is 11.4. The van der Waals surface area contributed by atoms with E-state index in [0.29, 0.717) is 0 Å². The van der Waals surface area contributed by atoms with Crippen molar-refractivity contribution in [2.45, 2.75) is 0 Å². The Labute approximate surface area is 294 Å². The topological polar surface area (TPSA) is 56.2 Å². The summed E-state index contributed by atoms with van der Waals surface area (Å²) in [7, 11) is 0. The SMILES string of the molecule is c1cc(-c2ccc3c(c2)c2c4ocnc4cc4c5ccccc5n3c42)cc(-c2nc(-c3cccc4c3sc3ccccc34)nc3ccccc23)c1. The first kappa shape index (κ1) is 27.2. The van der Waals surface area contributed by atoms with Crippen molar-refractivity contribution in [3.05, 3.63) is 146 Å². The molecule has 0 amide bonds. The number of aromatic nitrogens is 4. The van der Waals surface area contributed by atoms with Crippen LogP contribution >= 0.6 is 11.3 Å². The molecule has 0 radical (unpaired) electrons. The van der Waals surface area contributed by atoms with Crippen molar-refractivity contribution >= 4 is 91.6 Å². The molecule has 0 N–H and O–H groups in total. The van der Waals surface area contributed by atoms with Crippen molar-refractivity contribution in [1.29, 1.82) is 0 Å². The van der Waals surface area contributed by atoms with Crippen molar-refractivity contribution in [2.24, 2.45) is 0 Å². The van der Waals surface area contributed by atoms with Gasteiger partial charge in [-0.1, -0.05) is 91.0 Å². The maximum absolute atomic E-state index is 6.05.